The van der Waals surface area contributed by atoms with Gasteiger partial charge in [-0.15, -0.1) is 0 Å². The van der Waals surface area contributed by atoms with Gasteiger partial charge in [-0.2, -0.15) is 4.98 Å². The van der Waals surface area contributed by atoms with Crippen LogP contribution < -0.4 is 11.0 Å². The predicted molar refractivity (Wildman–Crippen MR) is 110 cm³/mol. The van der Waals surface area contributed by atoms with Gasteiger partial charge >= 0.3 is 5.69 Å². The molecule has 0 saturated carbocycles. The van der Waals surface area contributed by atoms with E-state index >= 15 is 0 Å². The van der Waals surface area contributed by atoms with Crippen molar-refractivity contribution in [2.45, 2.75) is 56.2 Å². The first-order chi connectivity index (χ1) is 13.7. The van der Waals surface area contributed by atoms with Crippen LogP contribution in [-0.4, -0.2) is 33.9 Å². The number of hydrogen-bond acceptors (Lipinski definition) is 5. The Balaban J connectivity index is 1.50. The lowest BCUT2D eigenvalue weighted by Crippen LogP contribution is -2.34. The first kappa shape index (κ1) is 19.2. The first-order valence-corrected chi connectivity index (χ1v) is 10.9. The molecule has 1 atom stereocenters. The van der Waals surface area contributed by atoms with Crippen LogP contribution in [0.3, 0.4) is 0 Å². The summed E-state index contributed by atoms with van der Waals surface area (Å²) in [5, 5.41) is 3.59. The highest BCUT2D eigenvalue weighted by Crippen LogP contribution is 2.29. The zero-order valence-corrected chi connectivity index (χ0v) is 16.7. The van der Waals surface area contributed by atoms with Crippen LogP contribution in [0.2, 0.25) is 0 Å². The lowest BCUT2D eigenvalue weighted by atomic mass is 9.97. The van der Waals surface area contributed by atoms with Gasteiger partial charge in [-0.1, -0.05) is 30.0 Å². The smallest absolute Gasteiger partial charge is 0.348 e. The van der Waals surface area contributed by atoms with Crippen LogP contribution >= 0.6 is 11.8 Å². The minimum atomic E-state index is -0.220. The molecule has 1 aliphatic heterocycles. The fourth-order valence-electron chi connectivity index (χ4n) is 3.90. The molecule has 6 nitrogen and oxygen atoms in total. The third-order valence-corrected chi connectivity index (χ3v) is 6.28. The maximum Gasteiger partial charge on any atom is 0.348 e. The molecule has 1 aromatic heterocycles. The number of thioether (sulfide) groups is 1. The second-order valence-electron chi connectivity index (χ2n) is 7.28. The number of rotatable bonds is 6. The summed E-state index contributed by atoms with van der Waals surface area (Å²) in [6.45, 7) is 1.37. The van der Waals surface area contributed by atoms with Gasteiger partial charge in [-0.05, 0) is 50.7 Å². The van der Waals surface area contributed by atoms with Crippen LogP contribution in [0.1, 0.15) is 36.9 Å². The second kappa shape index (κ2) is 8.92. The van der Waals surface area contributed by atoms with Gasteiger partial charge in [0.2, 0.25) is 5.91 Å². The van der Waals surface area contributed by atoms with Crippen molar-refractivity contribution in [3.8, 4) is 0 Å². The zero-order chi connectivity index (χ0) is 19.3. The van der Waals surface area contributed by atoms with Crippen LogP contribution in [0.15, 0.2) is 40.2 Å². The van der Waals surface area contributed by atoms with Crippen molar-refractivity contribution in [3.05, 3.63) is 52.1 Å². The molecule has 2 aromatic rings. The van der Waals surface area contributed by atoms with Gasteiger partial charge in [0.1, 0.15) is 5.03 Å². The van der Waals surface area contributed by atoms with Crippen LogP contribution in [-0.2, 0) is 28.9 Å². The SMILES string of the molecule is O=C(CSc1nc(=O)n(C[C@H]2CCCO2)c2c1CCCC2)Nc1ccccc1. The number of amides is 1. The average Bonchev–Trinajstić information content (AvgIpc) is 3.23. The Kier molecular flexibility index (Phi) is 6.12. The molecule has 7 heteroatoms. The summed E-state index contributed by atoms with van der Waals surface area (Å²) in [7, 11) is 0. The number of anilines is 1. The Morgan fingerprint density at radius 3 is 2.82 bits per heavy atom. The molecule has 148 valence electrons. The van der Waals surface area contributed by atoms with Gasteiger partial charge in [-0.25, -0.2) is 4.79 Å². The Bertz CT molecular complexity index is 892. The van der Waals surface area contributed by atoms with Crippen LogP contribution in [0.4, 0.5) is 5.69 Å². The van der Waals surface area contributed by atoms with Crippen molar-refractivity contribution in [2.24, 2.45) is 0 Å². The van der Waals surface area contributed by atoms with Gasteiger partial charge in [0.05, 0.1) is 18.4 Å². The molecule has 1 N–H and O–H groups in total. The number of fused-ring (bicyclic) bond motifs is 1. The number of carbonyl (C=O) groups is 1. The Labute approximate surface area is 168 Å². The topological polar surface area (TPSA) is 73.2 Å². The van der Waals surface area contributed by atoms with E-state index in [1.165, 1.54) is 11.8 Å². The van der Waals surface area contributed by atoms with Crippen molar-refractivity contribution >= 4 is 23.4 Å². The summed E-state index contributed by atoms with van der Waals surface area (Å²) in [5.41, 5.74) is 2.78. The second-order valence-corrected chi connectivity index (χ2v) is 8.24. The molecule has 4 rings (SSSR count). The third kappa shape index (κ3) is 4.47. The van der Waals surface area contributed by atoms with Crippen molar-refractivity contribution in [3.63, 3.8) is 0 Å². The van der Waals surface area contributed by atoms with E-state index in [0.29, 0.717) is 11.6 Å². The highest BCUT2D eigenvalue weighted by molar-refractivity contribution is 8.00. The van der Waals surface area contributed by atoms with E-state index in [4.69, 9.17) is 4.74 Å². The van der Waals surface area contributed by atoms with Gasteiger partial charge in [0.15, 0.2) is 0 Å². The highest BCUT2D eigenvalue weighted by atomic mass is 32.2. The normalized spacial score (nSPS) is 18.6. The number of ether oxygens (including phenoxy) is 1. The van der Waals surface area contributed by atoms with Crippen LogP contribution in [0, 0.1) is 0 Å². The van der Waals surface area contributed by atoms with E-state index in [1.807, 2.05) is 34.9 Å². The number of hydrogen-bond donors (Lipinski definition) is 1. The summed E-state index contributed by atoms with van der Waals surface area (Å²) in [4.78, 5) is 29.3. The molecule has 0 spiro atoms. The van der Waals surface area contributed by atoms with E-state index in [0.717, 1.165) is 62.1 Å². The maximum absolute atomic E-state index is 12.7. The highest BCUT2D eigenvalue weighted by Gasteiger charge is 2.24. The summed E-state index contributed by atoms with van der Waals surface area (Å²) in [5.74, 6) is 0.148. The van der Waals surface area contributed by atoms with Crippen molar-refractivity contribution < 1.29 is 9.53 Å². The Morgan fingerprint density at radius 1 is 1.21 bits per heavy atom. The van der Waals surface area contributed by atoms with Gasteiger partial charge in [0.25, 0.3) is 0 Å². The monoisotopic (exact) mass is 399 g/mol. The Morgan fingerprint density at radius 2 is 2.04 bits per heavy atom. The van der Waals surface area contributed by atoms with E-state index in [1.54, 1.807) is 0 Å². The number of aromatic nitrogens is 2. The van der Waals surface area contributed by atoms with Crippen molar-refractivity contribution in [2.75, 3.05) is 17.7 Å². The van der Waals surface area contributed by atoms with Gasteiger partial charge in [0, 0.05) is 23.6 Å². The van der Waals surface area contributed by atoms with Crippen LogP contribution in [0.5, 0.6) is 0 Å². The first-order valence-electron chi connectivity index (χ1n) is 9.92. The molecular formula is C21H25N3O3S. The number of para-hydroxylation sites is 1. The third-order valence-electron chi connectivity index (χ3n) is 5.26. The maximum atomic E-state index is 12.7. The summed E-state index contributed by atoms with van der Waals surface area (Å²) in [6, 6.07) is 9.39. The van der Waals surface area contributed by atoms with E-state index in [9.17, 15) is 9.59 Å². The molecule has 0 bridgehead atoms. The van der Waals surface area contributed by atoms with Gasteiger partial charge in [-0.3, -0.25) is 9.36 Å². The molecule has 28 heavy (non-hydrogen) atoms. The quantitative estimate of drug-likeness (QED) is 0.597. The number of carbonyl (C=O) groups excluding carboxylic acids is 1. The fraction of sp³-hybridized carbons (Fsp3) is 0.476. The lowest BCUT2D eigenvalue weighted by molar-refractivity contribution is -0.113. The summed E-state index contributed by atoms with van der Waals surface area (Å²) < 4.78 is 7.54. The number of nitrogens with one attached hydrogen (secondary N) is 1. The van der Waals surface area contributed by atoms with Gasteiger partial charge < -0.3 is 10.1 Å². The largest absolute Gasteiger partial charge is 0.376 e. The molecule has 1 saturated heterocycles. The van der Waals surface area contributed by atoms with Crippen molar-refractivity contribution in [1.82, 2.24) is 9.55 Å². The summed E-state index contributed by atoms with van der Waals surface area (Å²) in [6.07, 6.45) is 6.15. The zero-order valence-electron chi connectivity index (χ0n) is 15.9. The van der Waals surface area contributed by atoms with E-state index < -0.39 is 0 Å². The molecule has 2 heterocycles. The molecule has 2 aliphatic rings. The van der Waals surface area contributed by atoms with Crippen LogP contribution in [0.25, 0.3) is 0 Å². The minimum absolute atomic E-state index is 0.0916. The van der Waals surface area contributed by atoms with Crippen molar-refractivity contribution in [1.29, 1.82) is 0 Å². The van der Waals surface area contributed by atoms with E-state index in [-0.39, 0.29) is 23.5 Å². The predicted octanol–water partition coefficient (Wildman–Crippen LogP) is 3.03. The number of nitrogens with zero attached hydrogens (tertiary/aromatic N) is 2. The number of benzene rings is 1. The molecular weight excluding hydrogens is 374 g/mol. The summed E-state index contributed by atoms with van der Waals surface area (Å²) >= 11 is 1.36. The molecule has 1 aliphatic carbocycles. The molecule has 0 unspecified atom stereocenters. The molecule has 1 aromatic carbocycles. The fourth-order valence-corrected chi connectivity index (χ4v) is 4.78. The standard InChI is InChI=1S/C21H25N3O3S/c25-19(22-15-7-2-1-3-8-15)14-28-20-17-10-4-5-11-18(17)24(21(26)23-20)13-16-9-6-12-27-16/h1-3,7-8,16H,4-6,9-14H2,(H,22,25)/t16-/m1/s1. The van der Waals surface area contributed by atoms with E-state index in [2.05, 4.69) is 10.3 Å². The Hall–Kier alpha value is -2.12. The molecule has 0 radical (unpaired) electrons. The molecule has 1 fully saturated rings. The average molecular weight is 400 g/mol. The molecule has 1 amide bonds. The minimum Gasteiger partial charge on any atom is -0.376 e. The lowest BCUT2D eigenvalue weighted by Gasteiger charge is -2.24.